The van der Waals surface area contributed by atoms with Crippen molar-refractivity contribution < 1.29 is 5.11 Å². The average Bonchev–Trinajstić information content (AvgIpc) is 2.12. The molecule has 0 atom stereocenters. The van der Waals surface area contributed by atoms with E-state index in [1.165, 1.54) is 10.8 Å². The summed E-state index contributed by atoms with van der Waals surface area (Å²) in [6, 6.07) is 0. The van der Waals surface area contributed by atoms with Crippen LogP contribution in [0.25, 0.3) is 0 Å². The zero-order valence-corrected chi connectivity index (χ0v) is 13.9. The number of nitrogens with zero attached hydrogens (tertiary/aromatic N) is 1. The fraction of sp³-hybridized carbons (Fsp3) is 0.375. The van der Waals surface area contributed by atoms with Crippen molar-refractivity contribution in [1.82, 2.24) is 4.98 Å². The van der Waals surface area contributed by atoms with Gasteiger partial charge in [0.15, 0.2) is 0 Å². The Kier molecular flexibility index (Phi) is 20.5. The van der Waals surface area contributed by atoms with Gasteiger partial charge < -0.3 is 10.8 Å². The van der Waals surface area contributed by atoms with Crippen molar-refractivity contribution in [2.75, 3.05) is 0 Å². The Bertz CT molecular complexity index is 318. The first-order chi connectivity index (χ1) is 6.20. The van der Waals surface area contributed by atoms with Crippen LogP contribution >= 0.6 is 72.1 Å². The predicted octanol–water partition coefficient (Wildman–Crippen LogP) is 3.32. The Balaban J connectivity index is -0.000000211. The SMILES string of the molecule is Cc1ncc(CSS)c(CN)c1O.Cl.Cl.Cl.Cl. The largest absolute Gasteiger partial charge is 0.506 e. The second-order valence-corrected chi connectivity index (χ2v) is 4.00. The molecule has 1 aromatic rings. The quantitative estimate of drug-likeness (QED) is 0.570. The number of aromatic nitrogens is 1. The van der Waals surface area contributed by atoms with E-state index >= 15 is 0 Å². The summed E-state index contributed by atoms with van der Waals surface area (Å²) in [6.07, 6.45) is 1.74. The van der Waals surface area contributed by atoms with Crippen molar-refractivity contribution in [2.45, 2.75) is 19.2 Å². The molecule has 0 saturated carbocycles. The van der Waals surface area contributed by atoms with Crippen LogP contribution < -0.4 is 5.73 Å². The van der Waals surface area contributed by atoms with Crippen LogP contribution in [-0.4, -0.2) is 10.1 Å². The van der Waals surface area contributed by atoms with E-state index in [-0.39, 0.29) is 55.4 Å². The molecule has 1 rings (SSSR count). The molecule has 9 heteroatoms. The van der Waals surface area contributed by atoms with Gasteiger partial charge in [0.25, 0.3) is 0 Å². The summed E-state index contributed by atoms with van der Waals surface area (Å²) in [4.78, 5) is 4.05. The fourth-order valence-corrected chi connectivity index (χ4v) is 1.91. The standard InChI is InChI=1S/C8H12N2OS2.4ClH/c1-5-8(11)7(2-9)6(3-10-5)4-13-12;;;;/h3,11-12H,2,4,9H2,1H3;4*1H. The summed E-state index contributed by atoms with van der Waals surface area (Å²) in [5.41, 5.74) is 7.87. The Labute approximate surface area is 135 Å². The maximum absolute atomic E-state index is 9.63. The maximum Gasteiger partial charge on any atom is 0.141 e. The number of aryl methyl sites for hydroxylation is 1. The van der Waals surface area contributed by atoms with Gasteiger partial charge in [0, 0.05) is 24.1 Å². The minimum Gasteiger partial charge on any atom is -0.506 e. The normalized spacial score (nSPS) is 7.94. The fourth-order valence-electron chi connectivity index (χ4n) is 1.11. The van der Waals surface area contributed by atoms with Gasteiger partial charge in [-0.2, -0.15) is 0 Å². The molecule has 0 aliphatic heterocycles. The van der Waals surface area contributed by atoms with Gasteiger partial charge in [-0.05, 0) is 12.5 Å². The summed E-state index contributed by atoms with van der Waals surface area (Å²) in [6.45, 7) is 2.09. The van der Waals surface area contributed by atoms with E-state index in [0.717, 1.165) is 11.1 Å². The molecule has 0 radical (unpaired) electrons. The van der Waals surface area contributed by atoms with Crippen LogP contribution in [0.5, 0.6) is 5.75 Å². The number of rotatable bonds is 3. The third kappa shape index (κ3) is 7.06. The number of nitrogens with two attached hydrogens (primary N) is 1. The molecule has 0 aromatic carbocycles. The highest BCUT2D eigenvalue weighted by molar-refractivity contribution is 8.68. The lowest BCUT2D eigenvalue weighted by atomic mass is 10.1. The van der Waals surface area contributed by atoms with E-state index in [9.17, 15) is 5.11 Å². The highest BCUT2D eigenvalue weighted by atomic mass is 35.5. The van der Waals surface area contributed by atoms with Crippen LogP contribution in [0.1, 0.15) is 16.8 Å². The van der Waals surface area contributed by atoms with Gasteiger partial charge in [0.1, 0.15) is 5.75 Å². The zero-order valence-electron chi connectivity index (χ0n) is 8.95. The van der Waals surface area contributed by atoms with Crippen molar-refractivity contribution in [1.29, 1.82) is 0 Å². The number of hydrogen-bond donors (Lipinski definition) is 3. The number of halogens is 4. The first-order valence-electron chi connectivity index (χ1n) is 3.83. The molecule has 1 aromatic heterocycles. The molecule has 0 bridgehead atoms. The second kappa shape index (κ2) is 13.2. The number of aromatic hydroxyl groups is 1. The molecule has 3 N–H and O–H groups in total. The van der Waals surface area contributed by atoms with Crippen LogP contribution in [0.2, 0.25) is 0 Å². The molecular formula is C8H16Cl4N2OS2. The molecule has 0 fully saturated rings. The number of hydrogen-bond acceptors (Lipinski definition) is 5. The number of thiol groups is 1. The molecule has 0 unspecified atom stereocenters. The molecular weight excluding hydrogens is 346 g/mol. The van der Waals surface area contributed by atoms with Crippen LogP contribution in [0, 0.1) is 6.92 Å². The molecule has 17 heavy (non-hydrogen) atoms. The minimum atomic E-state index is 0. The third-order valence-electron chi connectivity index (χ3n) is 1.85. The highest BCUT2D eigenvalue weighted by Crippen LogP contribution is 2.26. The third-order valence-corrected chi connectivity index (χ3v) is 2.68. The topological polar surface area (TPSA) is 59.1 Å². The van der Waals surface area contributed by atoms with Crippen LogP contribution in [0.4, 0.5) is 0 Å². The van der Waals surface area contributed by atoms with Crippen molar-refractivity contribution in [3.05, 3.63) is 23.0 Å². The van der Waals surface area contributed by atoms with Gasteiger partial charge >= 0.3 is 0 Å². The molecule has 104 valence electrons. The lowest BCUT2D eigenvalue weighted by molar-refractivity contribution is 0.459. The van der Waals surface area contributed by atoms with Crippen LogP contribution in [-0.2, 0) is 12.3 Å². The molecule has 0 aliphatic rings. The van der Waals surface area contributed by atoms with Crippen molar-refractivity contribution in [3.63, 3.8) is 0 Å². The van der Waals surface area contributed by atoms with Gasteiger partial charge in [-0.3, -0.25) is 4.98 Å². The van der Waals surface area contributed by atoms with Crippen molar-refractivity contribution in [3.8, 4) is 5.75 Å². The van der Waals surface area contributed by atoms with E-state index in [1.54, 1.807) is 13.1 Å². The van der Waals surface area contributed by atoms with E-state index in [2.05, 4.69) is 16.6 Å². The van der Waals surface area contributed by atoms with Crippen LogP contribution in [0.15, 0.2) is 6.20 Å². The molecule has 0 spiro atoms. The molecule has 1 heterocycles. The molecule has 0 aliphatic carbocycles. The summed E-state index contributed by atoms with van der Waals surface area (Å²) >= 11 is 4.04. The molecule has 0 saturated heterocycles. The second-order valence-electron chi connectivity index (χ2n) is 2.67. The Morgan fingerprint density at radius 1 is 1.35 bits per heavy atom. The Hall–Kier alpha value is 0.770. The lowest BCUT2D eigenvalue weighted by Gasteiger charge is -2.09. The smallest absolute Gasteiger partial charge is 0.141 e. The predicted molar refractivity (Wildman–Crippen MR) is 87.8 cm³/mol. The summed E-state index contributed by atoms with van der Waals surface area (Å²) in [5.74, 6) is 0.915. The number of pyridine rings is 1. The van der Waals surface area contributed by atoms with Gasteiger partial charge in [0.05, 0.1) is 5.69 Å². The minimum absolute atomic E-state index is 0. The Morgan fingerprint density at radius 2 is 1.88 bits per heavy atom. The Morgan fingerprint density at radius 3 is 2.29 bits per heavy atom. The zero-order chi connectivity index (χ0) is 9.84. The lowest BCUT2D eigenvalue weighted by Crippen LogP contribution is -2.03. The monoisotopic (exact) mass is 360 g/mol. The maximum atomic E-state index is 9.63. The summed E-state index contributed by atoms with van der Waals surface area (Å²) in [5, 5.41) is 9.63. The summed E-state index contributed by atoms with van der Waals surface area (Å²) < 4.78 is 0. The average molecular weight is 362 g/mol. The first-order valence-corrected chi connectivity index (χ1v) is 5.87. The highest BCUT2D eigenvalue weighted by Gasteiger charge is 2.09. The molecule has 3 nitrogen and oxygen atoms in total. The van der Waals surface area contributed by atoms with Gasteiger partial charge in [-0.15, -0.1) is 61.3 Å². The summed E-state index contributed by atoms with van der Waals surface area (Å²) in [7, 11) is 1.39. The van der Waals surface area contributed by atoms with Crippen molar-refractivity contribution in [2.24, 2.45) is 5.73 Å². The van der Waals surface area contributed by atoms with Gasteiger partial charge in [-0.25, -0.2) is 0 Å². The van der Waals surface area contributed by atoms with E-state index in [4.69, 9.17) is 5.73 Å². The van der Waals surface area contributed by atoms with Crippen molar-refractivity contribution >= 4 is 72.1 Å². The van der Waals surface area contributed by atoms with E-state index < -0.39 is 0 Å². The van der Waals surface area contributed by atoms with E-state index in [0.29, 0.717) is 18.0 Å². The van der Waals surface area contributed by atoms with Crippen LogP contribution in [0.3, 0.4) is 0 Å². The van der Waals surface area contributed by atoms with E-state index in [1.807, 2.05) is 0 Å². The molecule has 0 amide bonds. The first kappa shape index (κ1) is 26.4. The van der Waals surface area contributed by atoms with Gasteiger partial charge in [0.2, 0.25) is 0 Å². The van der Waals surface area contributed by atoms with Gasteiger partial charge in [-0.1, -0.05) is 10.8 Å².